The van der Waals surface area contributed by atoms with E-state index in [-0.39, 0.29) is 24.9 Å². The van der Waals surface area contributed by atoms with Crippen molar-refractivity contribution in [3.63, 3.8) is 0 Å². The van der Waals surface area contributed by atoms with Gasteiger partial charge in [-0.05, 0) is 65.1 Å². The number of carbonyl (C=O) groups is 3. The van der Waals surface area contributed by atoms with Crippen molar-refractivity contribution in [1.29, 1.82) is 5.26 Å². The lowest BCUT2D eigenvalue weighted by molar-refractivity contribution is -0.148. The molecule has 3 unspecified atom stereocenters. The molecular weight excluding hydrogens is 550 g/mol. The van der Waals surface area contributed by atoms with Crippen molar-refractivity contribution in [2.24, 2.45) is 5.73 Å². The predicted molar refractivity (Wildman–Crippen MR) is 157 cm³/mol. The van der Waals surface area contributed by atoms with E-state index in [1.165, 1.54) is 15.9 Å². The highest BCUT2D eigenvalue weighted by Crippen LogP contribution is 2.33. The number of hydrogen-bond donors (Lipinski definition) is 1. The molecular formula is C34H30F2N4O3. The summed E-state index contributed by atoms with van der Waals surface area (Å²) in [6, 6.07) is 22.2. The molecule has 1 fully saturated rings. The van der Waals surface area contributed by atoms with Gasteiger partial charge in [-0.25, -0.2) is 8.78 Å². The minimum atomic E-state index is -1.33. The van der Waals surface area contributed by atoms with Gasteiger partial charge >= 0.3 is 0 Å². The lowest BCUT2D eigenvalue weighted by Crippen LogP contribution is -2.52. The summed E-state index contributed by atoms with van der Waals surface area (Å²) < 4.78 is 28.5. The Morgan fingerprint density at radius 2 is 1.72 bits per heavy atom. The number of halogens is 2. The third-order valence-corrected chi connectivity index (χ3v) is 8.04. The summed E-state index contributed by atoms with van der Waals surface area (Å²) in [5.74, 6) is -3.97. The first kappa shape index (κ1) is 29.4. The summed E-state index contributed by atoms with van der Waals surface area (Å²) in [5, 5.41) is 11.0. The van der Waals surface area contributed by atoms with E-state index in [4.69, 9.17) is 11.0 Å². The monoisotopic (exact) mass is 580 g/mol. The van der Waals surface area contributed by atoms with Gasteiger partial charge < -0.3 is 15.5 Å². The highest BCUT2D eigenvalue weighted by molar-refractivity contribution is 5.94. The summed E-state index contributed by atoms with van der Waals surface area (Å²) in [6.45, 7) is 1.91. The molecule has 1 aliphatic rings. The summed E-state index contributed by atoms with van der Waals surface area (Å²) in [4.78, 5) is 44.0. The molecule has 0 bridgehead atoms. The Morgan fingerprint density at radius 3 is 2.42 bits per heavy atom. The van der Waals surface area contributed by atoms with Gasteiger partial charge in [0.2, 0.25) is 11.8 Å². The Hall–Kier alpha value is -5.10. The lowest BCUT2D eigenvalue weighted by atomic mass is 9.96. The van der Waals surface area contributed by atoms with Crippen LogP contribution < -0.4 is 5.73 Å². The second-order valence-corrected chi connectivity index (χ2v) is 10.8. The minimum Gasteiger partial charge on any atom is -0.368 e. The molecule has 9 heteroatoms. The van der Waals surface area contributed by atoms with Crippen LogP contribution in [-0.2, 0) is 27.2 Å². The zero-order chi connectivity index (χ0) is 30.7. The number of nitrogens with zero attached hydrogens (tertiary/aromatic N) is 3. The van der Waals surface area contributed by atoms with Crippen LogP contribution in [0.1, 0.15) is 41.6 Å². The quantitative estimate of drug-likeness (QED) is 0.338. The molecule has 1 saturated heterocycles. The van der Waals surface area contributed by atoms with Crippen LogP contribution in [0, 0.1) is 23.0 Å². The van der Waals surface area contributed by atoms with Crippen molar-refractivity contribution in [2.45, 2.75) is 44.3 Å². The fourth-order valence-corrected chi connectivity index (χ4v) is 5.80. The first-order chi connectivity index (χ1) is 20.7. The van der Waals surface area contributed by atoms with Crippen LogP contribution in [0.5, 0.6) is 0 Å². The van der Waals surface area contributed by atoms with Gasteiger partial charge in [-0.2, -0.15) is 5.26 Å². The van der Waals surface area contributed by atoms with Crippen LogP contribution in [-0.4, -0.2) is 46.1 Å². The second-order valence-electron chi connectivity index (χ2n) is 10.8. The van der Waals surface area contributed by atoms with Crippen LogP contribution in [0.15, 0.2) is 84.9 Å². The average Bonchev–Trinajstić information content (AvgIpc) is 3.13. The maximum Gasteiger partial charge on any atom is 0.250 e. The van der Waals surface area contributed by atoms with Gasteiger partial charge in [-0.3, -0.25) is 14.4 Å². The molecule has 2 N–H and O–H groups in total. The highest BCUT2D eigenvalue weighted by Gasteiger charge is 2.43. The smallest absolute Gasteiger partial charge is 0.250 e. The molecule has 0 radical (unpaired) electrons. The molecule has 0 spiro atoms. The topological polar surface area (TPSA) is 108 Å². The van der Waals surface area contributed by atoms with Crippen molar-refractivity contribution < 1.29 is 23.2 Å². The normalized spacial score (nSPS) is 17.8. The van der Waals surface area contributed by atoms with Crippen LogP contribution in [0.4, 0.5) is 8.78 Å². The number of hydrogen-bond acceptors (Lipinski definition) is 4. The summed E-state index contributed by atoms with van der Waals surface area (Å²) in [5.41, 5.74) is 7.88. The van der Waals surface area contributed by atoms with Crippen LogP contribution >= 0.6 is 0 Å². The molecule has 3 amide bonds. The number of rotatable bonds is 7. The number of nitrogens with two attached hydrogens (primary N) is 1. The third-order valence-electron chi connectivity index (χ3n) is 8.04. The number of fused-ring (bicyclic) bond motifs is 1. The van der Waals surface area contributed by atoms with Gasteiger partial charge in [0.1, 0.15) is 12.1 Å². The Kier molecular flexibility index (Phi) is 8.48. The van der Waals surface area contributed by atoms with E-state index < -0.39 is 47.5 Å². The predicted octanol–water partition coefficient (Wildman–Crippen LogP) is 4.82. The molecule has 7 nitrogen and oxygen atoms in total. The second kappa shape index (κ2) is 12.4. The molecule has 0 aliphatic carbocycles. The zero-order valence-electron chi connectivity index (χ0n) is 23.5. The zero-order valence-corrected chi connectivity index (χ0v) is 23.5. The number of carbonyl (C=O) groups excluding carboxylic acids is 3. The Balaban J connectivity index is 1.54. The van der Waals surface area contributed by atoms with Crippen molar-refractivity contribution in [1.82, 2.24) is 9.80 Å². The molecule has 5 rings (SSSR count). The third kappa shape index (κ3) is 6.09. The first-order valence-corrected chi connectivity index (χ1v) is 14.0. The molecule has 4 aromatic rings. The number of primary amides is 1. The summed E-state index contributed by atoms with van der Waals surface area (Å²) in [6.07, 6.45) is 0.379. The number of nitriles is 1. The molecule has 43 heavy (non-hydrogen) atoms. The van der Waals surface area contributed by atoms with Crippen LogP contribution in [0.25, 0.3) is 10.8 Å². The first-order valence-electron chi connectivity index (χ1n) is 14.0. The lowest BCUT2D eigenvalue weighted by Gasteiger charge is -2.36. The molecule has 3 atom stereocenters. The van der Waals surface area contributed by atoms with E-state index in [9.17, 15) is 23.2 Å². The SMILES string of the molecule is CC1CCN(C(Cc2cccc3ccccc23)C(N)=O)C(=O)C(c2ccc(F)c(F)c2)N1C(=O)Cc1ccc(C#N)cc1. The van der Waals surface area contributed by atoms with Gasteiger partial charge in [0.25, 0.3) is 5.91 Å². The highest BCUT2D eigenvalue weighted by atomic mass is 19.2. The Labute approximate surface area is 248 Å². The van der Waals surface area contributed by atoms with Gasteiger partial charge in [-0.1, -0.05) is 60.7 Å². The van der Waals surface area contributed by atoms with Crippen molar-refractivity contribution >= 4 is 28.5 Å². The van der Waals surface area contributed by atoms with Crippen LogP contribution in [0.2, 0.25) is 0 Å². The molecule has 0 aromatic heterocycles. The number of amides is 3. The van der Waals surface area contributed by atoms with E-state index in [0.29, 0.717) is 17.5 Å². The fraction of sp³-hybridized carbons (Fsp3) is 0.235. The maximum absolute atomic E-state index is 14.5. The molecule has 1 heterocycles. The van der Waals surface area contributed by atoms with E-state index in [0.717, 1.165) is 28.5 Å². The van der Waals surface area contributed by atoms with Gasteiger partial charge in [0.15, 0.2) is 11.6 Å². The molecule has 1 aliphatic heterocycles. The van der Waals surface area contributed by atoms with Gasteiger partial charge in [0.05, 0.1) is 18.1 Å². The largest absolute Gasteiger partial charge is 0.368 e. The van der Waals surface area contributed by atoms with Crippen molar-refractivity contribution in [2.75, 3.05) is 6.54 Å². The summed E-state index contributed by atoms with van der Waals surface area (Å²) >= 11 is 0. The maximum atomic E-state index is 14.5. The van der Waals surface area contributed by atoms with Gasteiger partial charge in [0, 0.05) is 19.0 Å². The van der Waals surface area contributed by atoms with E-state index in [1.807, 2.05) is 48.5 Å². The van der Waals surface area contributed by atoms with E-state index in [2.05, 4.69) is 0 Å². The van der Waals surface area contributed by atoms with Gasteiger partial charge in [-0.15, -0.1) is 0 Å². The number of benzene rings is 4. The van der Waals surface area contributed by atoms with Crippen molar-refractivity contribution in [3.8, 4) is 6.07 Å². The molecule has 0 saturated carbocycles. The summed E-state index contributed by atoms with van der Waals surface area (Å²) in [7, 11) is 0. The Morgan fingerprint density at radius 1 is 1.00 bits per heavy atom. The van der Waals surface area contributed by atoms with Crippen LogP contribution in [0.3, 0.4) is 0 Å². The molecule has 4 aromatic carbocycles. The van der Waals surface area contributed by atoms with E-state index in [1.54, 1.807) is 31.2 Å². The average molecular weight is 581 g/mol. The Bertz CT molecular complexity index is 1730. The minimum absolute atomic E-state index is 0.0846. The fourth-order valence-electron chi connectivity index (χ4n) is 5.80. The molecule has 218 valence electrons. The standard InChI is InChI=1S/C34H30F2N4O3/c1-21-15-16-39(30(33(38)42)19-25-7-4-6-24-5-2-3-8-27(24)25)34(43)32(26-13-14-28(35)29(36)18-26)40(21)31(41)17-22-9-11-23(20-37)12-10-22/h2-14,18,21,30,32H,15-17,19H2,1H3,(H2,38,42). The van der Waals surface area contributed by atoms with Crippen molar-refractivity contribution in [3.05, 3.63) is 119 Å². The van der Waals surface area contributed by atoms with E-state index >= 15 is 0 Å².